The lowest BCUT2D eigenvalue weighted by atomic mass is 10.1. The smallest absolute Gasteiger partial charge is 0.239 e. The summed E-state index contributed by atoms with van der Waals surface area (Å²) in [6.07, 6.45) is 5.69. The Kier molecular flexibility index (Phi) is 5.79. The van der Waals surface area contributed by atoms with Crippen molar-refractivity contribution in [2.24, 2.45) is 0 Å². The van der Waals surface area contributed by atoms with Crippen LogP contribution in [-0.2, 0) is 11.2 Å². The van der Waals surface area contributed by atoms with Gasteiger partial charge in [-0.15, -0.1) is 0 Å². The second-order valence-corrected chi connectivity index (χ2v) is 7.76. The molecule has 1 aliphatic heterocycles. The van der Waals surface area contributed by atoms with E-state index in [0.29, 0.717) is 19.1 Å². The predicted octanol–water partition coefficient (Wildman–Crippen LogP) is 3.75. The predicted molar refractivity (Wildman–Crippen MR) is 111 cm³/mol. The standard InChI is InChI=1S/C23H28FN3O/c24-19-8-10-20(11-9-19)27(21-12-13-21)16-14-25-23(28)17-26-15-4-3-6-18-5-1-2-7-22(18)26/h1-2,5,7-11,21H,3-4,6,12-17H2,(H,25,28). The van der Waals surface area contributed by atoms with Crippen LogP contribution in [0.1, 0.15) is 31.2 Å². The Balaban J connectivity index is 1.31. The first-order valence-corrected chi connectivity index (χ1v) is 10.3. The number of para-hydroxylation sites is 1. The van der Waals surface area contributed by atoms with Crippen molar-refractivity contribution in [1.29, 1.82) is 0 Å². The van der Waals surface area contributed by atoms with E-state index in [2.05, 4.69) is 33.3 Å². The highest BCUT2D eigenvalue weighted by Gasteiger charge is 2.29. The van der Waals surface area contributed by atoms with Crippen LogP contribution >= 0.6 is 0 Å². The van der Waals surface area contributed by atoms with E-state index in [1.807, 2.05) is 18.2 Å². The molecule has 0 aromatic heterocycles. The van der Waals surface area contributed by atoms with E-state index in [4.69, 9.17) is 0 Å². The van der Waals surface area contributed by atoms with Gasteiger partial charge in [0, 0.05) is 37.1 Å². The molecule has 148 valence electrons. The van der Waals surface area contributed by atoms with E-state index >= 15 is 0 Å². The third-order valence-corrected chi connectivity index (χ3v) is 5.61. The summed E-state index contributed by atoms with van der Waals surface area (Å²) in [5.41, 5.74) is 3.56. The van der Waals surface area contributed by atoms with Gasteiger partial charge in [-0.1, -0.05) is 18.2 Å². The van der Waals surface area contributed by atoms with Crippen LogP contribution in [0.25, 0.3) is 0 Å². The molecule has 0 saturated heterocycles. The summed E-state index contributed by atoms with van der Waals surface area (Å²) in [6.45, 7) is 2.67. The van der Waals surface area contributed by atoms with Crippen molar-refractivity contribution in [3.63, 3.8) is 0 Å². The molecule has 2 aliphatic rings. The second-order valence-electron chi connectivity index (χ2n) is 7.76. The second kappa shape index (κ2) is 8.63. The molecule has 5 heteroatoms. The molecule has 2 aromatic carbocycles. The highest BCUT2D eigenvalue weighted by molar-refractivity contribution is 5.81. The number of amides is 1. The maximum Gasteiger partial charge on any atom is 0.239 e. The molecule has 4 rings (SSSR count). The number of carbonyl (C=O) groups is 1. The van der Waals surface area contributed by atoms with Gasteiger partial charge in [-0.25, -0.2) is 4.39 Å². The molecular formula is C23H28FN3O. The number of nitrogens with one attached hydrogen (secondary N) is 1. The molecule has 0 spiro atoms. The molecule has 0 radical (unpaired) electrons. The number of fused-ring (bicyclic) bond motifs is 1. The van der Waals surface area contributed by atoms with E-state index in [9.17, 15) is 9.18 Å². The van der Waals surface area contributed by atoms with Gasteiger partial charge in [0.15, 0.2) is 0 Å². The molecule has 0 atom stereocenters. The SMILES string of the molecule is O=C(CN1CCCCc2ccccc21)NCCN(c1ccc(F)cc1)C1CC1. The summed E-state index contributed by atoms with van der Waals surface area (Å²) < 4.78 is 13.2. The fourth-order valence-corrected chi connectivity index (χ4v) is 4.02. The Hall–Kier alpha value is -2.56. The lowest BCUT2D eigenvalue weighted by molar-refractivity contribution is -0.119. The largest absolute Gasteiger partial charge is 0.367 e. The summed E-state index contributed by atoms with van der Waals surface area (Å²) in [5, 5.41) is 3.08. The van der Waals surface area contributed by atoms with Gasteiger partial charge in [-0.3, -0.25) is 4.79 Å². The minimum Gasteiger partial charge on any atom is -0.367 e. The van der Waals surface area contributed by atoms with Crippen LogP contribution in [0, 0.1) is 5.82 Å². The summed E-state index contributed by atoms with van der Waals surface area (Å²) >= 11 is 0. The third-order valence-electron chi connectivity index (χ3n) is 5.61. The number of carbonyl (C=O) groups excluding carboxylic acids is 1. The van der Waals surface area contributed by atoms with Crippen molar-refractivity contribution in [2.45, 2.75) is 38.1 Å². The average molecular weight is 381 g/mol. The maximum atomic E-state index is 13.2. The molecule has 28 heavy (non-hydrogen) atoms. The van der Waals surface area contributed by atoms with Gasteiger partial charge >= 0.3 is 0 Å². The van der Waals surface area contributed by atoms with Gasteiger partial charge in [0.25, 0.3) is 0 Å². The summed E-state index contributed by atoms with van der Waals surface area (Å²) in [6, 6.07) is 15.6. The topological polar surface area (TPSA) is 35.6 Å². The zero-order valence-corrected chi connectivity index (χ0v) is 16.2. The molecular weight excluding hydrogens is 353 g/mol. The van der Waals surface area contributed by atoms with Crippen LogP contribution in [-0.4, -0.2) is 38.1 Å². The Morgan fingerprint density at radius 3 is 2.68 bits per heavy atom. The molecule has 2 aromatic rings. The van der Waals surface area contributed by atoms with Gasteiger partial charge < -0.3 is 15.1 Å². The van der Waals surface area contributed by atoms with Gasteiger partial charge in [0.05, 0.1) is 6.54 Å². The first-order chi connectivity index (χ1) is 13.7. The fourth-order valence-electron chi connectivity index (χ4n) is 4.02. The third kappa shape index (κ3) is 4.64. The van der Waals surface area contributed by atoms with Crippen LogP contribution in [0.15, 0.2) is 48.5 Å². The number of anilines is 2. The monoisotopic (exact) mass is 381 g/mol. The van der Waals surface area contributed by atoms with Crippen molar-refractivity contribution in [1.82, 2.24) is 5.32 Å². The zero-order chi connectivity index (χ0) is 19.3. The van der Waals surface area contributed by atoms with Crippen LogP contribution in [0.4, 0.5) is 15.8 Å². The first-order valence-electron chi connectivity index (χ1n) is 10.3. The number of hydrogen-bond acceptors (Lipinski definition) is 3. The Morgan fingerprint density at radius 1 is 1.11 bits per heavy atom. The molecule has 1 heterocycles. The van der Waals surface area contributed by atoms with E-state index in [1.165, 1.54) is 29.8 Å². The van der Waals surface area contributed by atoms with Gasteiger partial charge in [-0.2, -0.15) is 0 Å². The fraction of sp³-hybridized carbons (Fsp3) is 0.435. The molecule has 4 nitrogen and oxygen atoms in total. The Labute approximate surface area is 166 Å². The van der Waals surface area contributed by atoms with Crippen LogP contribution in [0.5, 0.6) is 0 Å². The minimum absolute atomic E-state index is 0.0616. The van der Waals surface area contributed by atoms with E-state index in [0.717, 1.165) is 44.5 Å². The molecule has 1 saturated carbocycles. The molecule has 1 aliphatic carbocycles. The zero-order valence-electron chi connectivity index (χ0n) is 16.2. The maximum absolute atomic E-state index is 13.2. The number of hydrogen-bond donors (Lipinski definition) is 1. The number of aryl methyl sites for hydroxylation is 1. The molecule has 0 bridgehead atoms. The summed E-state index contributed by atoms with van der Waals surface area (Å²) in [7, 11) is 0. The molecule has 0 unspecified atom stereocenters. The highest BCUT2D eigenvalue weighted by Crippen LogP contribution is 2.31. The van der Waals surface area contributed by atoms with Crippen molar-refractivity contribution in [2.75, 3.05) is 36.0 Å². The Morgan fingerprint density at radius 2 is 1.89 bits per heavy atom. The average Bonchev–Trinajstić information content (AvgIpc) is 3.55. The van der Waals surface area contributed by atoms with E-state index in [1.54, 1.807) is 0 Å². The van der Waals surface area contributed by atoms with Crippen LogP contribution < -0.4 is 15.1 Å². The van der Waals surface area contributed by atoms with Gasteiger partial charge in [0.1, 0.15) is 5.82 Å². The summed E-state index contributed by atoms with van der Waals surface area (Å²) in [4.78, 5) is 17.0. The van der Waals surface area contributed by atoms with Crippen molar-refractivity contribution < 1.29 is 9.18 Å². The van der Waals surface area contributed by atoms with Crippen LogP contribution in [0.2, 0.25) is 0 Å². The molecule has 1 N–H and O–H groups in total. The Bertz CT molecular complexity index is 804. The van der Waals surface area contributed by atoms with E-state index in [-0.39, 0.29) is 11.7 Å². The highest BCUT2D eigenvalue weighted by atomic mass is 19.1. The van der Waals surface area contributed by atoms with Crippen LogP contribution in [0.3, 0.4) is 0 Å². The minimum atomic E-state index is -0.217. The van der Waals surface area contributed by atoms with Gasteiger partial charge in [-0.05, 0) is 68.0 Å². The summed E-state index contributed by atoms with van der Waals surface area (Å²) in [5.74, 6) is -0.155. The van der Waals surface area contributed by atoms with Crippen molar-refractivity contribution in [3.8, 4) is 0 Å². The molecule has 1 fully saturated rings. The lowest BCUT2D eigenvalue weighted by Gasteiger charge is -2.26. The first kappa shape index (κ1) is 18.8. The number of benzene rings is 2. The van der Waals surface area contributed by atoms with E-state index < -0.39 is 0 Å². The lowest BCUT2D eigenvalue weighted by Crippen LogP contribution is -2.41. The quantitative estimate of drug-likeness (QED) is 0.793. The number of halogens is 1. The normalized spacial score (nSPS) is 16.2. The number of rotatable bonds is 7. The van der Waals surface area contributed by atoms with Crippen molar-refractivity contribution >= 4 is 17.3 Å². The molecule has 1 amide bonds. The number of nitrogens with zero attached hydrogens (tertiary/aromatic N) is 2. The van der Waals surface area contributed by atoms with Gasteiger partial charge in [0.2, 0.25) is 5.91 Å². The van der Waals surface area contributed by atoms with Crippen molar-refractivity contribution in [3.05, 3.63) is 59.9 Å².